The number of aromatic hydroxyl groups is 1. The molecule has 34 heavy (non-hydrogen) atoms. The zero-order valence-corrected chi connectivity index (χ0v) is 19.1. The van der Waals surface area contributed by atoms with Crippen LogP contribution in [0.15, 0.2) is 23.8 Å². The van der Waals surface area contributed by atoms with Crippen LogP contribution in [0.4, 0.5) is 0 Å². The molecule has 0 aromatic heterocycles. The van der Waals surface area contributed by atoms with E-state index >= 15 is 0 Å². The number of hydrogen-bond donors (Lipinski definition) is 7. The zero-order valence-electron chi connectivity index (χ0n) is 19.1. The lowest BCUT2D eigenvalue weighted by atomic mass is 9.89. The monoisotopic (exact) mass is 483 g/mol. The van der Waals surface area contributed by atoms with Gasteiger partial charge >= 0.3 is 0 Å². The van der Waals surface area contributed by atoms with E-state index in [1.807, 2.05) is 0 Å². The Labute approximate surface area is 197 Å². The lowest BCUT2D eigenvalue weighted by Crippen LogP contribution is -2.53. The Hall–Kier alpha value is -2.54. The summed E-state index contributed by atoms with van der Waals surface area (Å²) < 4.78 is 10.9. The lowest BCUT2D eigenvalue weighted by Gasteiger charge is -2.32. The molecular weight excluding hydrogens is 450 g/mol. The van der Waals surface area contributed by atoms with Crippen molar-refractivity contribution in [2.24, 2.45) is 0 Å². The summed E-state index contributed by atoms with van der Waals surface area (Å²) in [6.07, 6.45) is -0.978. The molecule has 1 aromatic carbocycles. The molecule has 1 heterocycles. The predicted octanol–water partition coefficient (Wildman–Crippen LogP) is -0.442. The fourth-order valence-electron chi connectivity index (χ4n) is 3.78. The van der Waals surface area contributed by atoms with E-state index in [-0.39, 0.29) is 23.7 Å². The second-order valence-electron chi connectivity index (χ2n) is 8.29. The molecular formula is C23H33NO10. The minimum atomic E-state index is -1.07. The van der Waals surface area contributed by atoms with E-state index in [4.69, 9.17) is 19.7 Å². The molecule has 2 fully saturated rings. The van der Waals surface area contributed by atoms with Crippen molar-refractivity contribution in [1.29, 1.82) is 0 Å². The van der Waals surface area contributed by atoms with Crippen molar-refractivity contribution in [2.45, 2.75) is 76.3 Å². The standard InChI is InChI=1S/C22H29NO8.CH4O2/c1-11(21(29)23-20-14(25)4-3-5-15(20)26)8-13-6-7-18(16(27)9-13)30-22-17(28)10-19(31-22)12(2)24;2-1-3/h6-9,14-15,17,19-20,22,25-28H,3-5,10H2,1-2H3,(H,23,29);2-3H,1H2/b11-8+;. The van der Waals surface area contributed by atoms with Crippen molar-refractivity contribution < 1.29 is 49.7 Å². The van der Waals surface area contributed by atoms with Crippen LogP contribution in [0.1, 0.15) is 45.1 Å². The molecule has 1 aliphatic heterocycles. The number of ketones is 1. The van der Waals surface area contributed by atoms with Crippen LogP contribution in [0, 0.1) is 0 Å². The van der Waals surface area contributed by atoms with Gasteiger partial charge in [-0.1, -0.05) is 6.07 Å². The summed E-state index contributed by atoms with van der Waals surface area (Å²) in [4.78, 5) is 23.9. The Bertz CT molecular complexity index is 863. The van der Waals surface area contributed by atoms with Crippen LogP contribution < -0.4 is 10.1 Å². The van der Waals surface area contributed by atoms with Gasteiger partial charge in [-0.3, -0.25) is 9.59 Å². The molecule has 5 unspecified atom stereocenters. The Balaban J connectivity index is 0.00000129. The first-order chi connectivity index (χ1) is 16.1. The van der Waals surface area contributed by atoms with E-state index in [2.05, 4.69) is 5.32 Å². The number of phenolic OH excluding ortho intramolecular Hbond substituents is 1. The molecule has 1 amide bonds. The molecule has 0 bridgehead atoms. The molecule has 190 valence electrons. The van der Waals surface area contributed by atoms with E-state index in [1.54, 1.807) is 19.1 Å². The van der Waals surface area contributed by atoms with Crippen LogP contribution in [-0.2, 0) is 14.3 Å². The Kier molecular flexibility index (Phi) is 10.4. The summed E-state index contributed by atoms with van der Waals surface area (Å²) in [5, 5.41) is 57.2. The Morgan fingerprint density at radius 2 is 1.74 bits per heavy atom. The number of rotatable bonds is 6. The van der Waals surface area contributed by atoms with Gasteiger partial charge in [-0.05, 0) is 56.9 Å². The molecule has 2 aliphatic rings. The molecule has 11 heteroatoms. The third-order valence-electron chi connectivity index (χ3n) is 5.62. The number of aliphatic hydroxyl groups excluding tert-OH is 4. The third-order valence-corrected chi connectivity index (χ3v) is 5.62. The highest BCUT2D eigenvalue weighted by Crippen LogP contribution is 2.32. The van der Waals surface area contributed by atoms with Crippen LogP contribution in [0.25, 0.3) is 6.08 Å². The number of carbonyl (C=O) groups excluding carboxylic acids is 2. The second kappa shape index (κ2) is 12.8. The van der Waals surface area contributed by atoms with Crippen molar-refractivity contribution >= 4 is 17.8 Å². The van der Waals surface area contributed by atoms with Crippen molar-refractivity contribution in [3.63, 3.8) is 0 Å². The highest BCUT2D eigenvalue weighted by Gasteiger charge is 2.38. The molecule has 5 atom stereocenters. The van der Waals surface area contributed by atoms with E-state index < -0.39 is 49.4 Å². The van der Waals surface area contributed by atoms with Crippen molar-refractivity contribution in [3.05, 3.63) is 29.3 Å². The van der Waals surface area contributed by atoms with Crippen molar-refractivity contribution in [3.8, 4) is 11.5 Å². The van der Waals surface area contributed by atoms with Crippen LogP contribution in [0.5, 0.6) is 11.5 Å². The minimum Gasteiger partial charge on any atom is -0.504 e. The first-order valence-corrected chi connectivity index (χ1v) is 11.0. The van der Waals surface area contributed by atoms with Gasteiger partial charge in [-0.2, -0.15) is 0 Å². The molecule has 11 nitrogen and oxygen atoms in total. The average Bonchev–Trinajstić information content (AvgIpc) is 3.14. The third kappa shape index (κ3) is 7.49. The number of carbonyl (C=O) groups is 2. The number of benzene rings is 1. The van der Waals surface area contributed by atoms with Gasteiger partial charge < -0.3 is 45.4 Å². The van der Waals surface area contributed by atoms with Gasteiger partial charge in [0, 0.05) is 12.0 Å². The van der Waals surface area contributed by atoms with Crippen LogP contribution in [-0.4, -0.2) is 85.9 Å². The van der Waals surface area contributed by atoms with Gasteiger partial charge in [0.2, 0.25) is 12.2 Å². The van der Waals surface area contributed by atoms with Gasteiger partial charge in [0.05, 0.1) is 18.2 Å². The first-order valence-electron chi connectivity index (χ1n) is 11.0. The number of nitrogens with one attached hydrogen (secondary N) is 1. The number of Topliss-reactive ketones (excluding diaryl/α,β-unsaturated/α-hetero) is 1. The summed E-state index contributed by atoms with van der Waals surface area (Å²) in [7, 11) is 0. The molecule has 1 aromatic rings. The Morgan fingerprint density at radius 3 is 2.26 bits per heavy atom. The first kappa shape index (κ1) is 27.7. The summed E-state index contributed by atoms with van der Waals surface area (Å²) in [5.74, 6) is -0.789. The minimum absolute atomic E-state index is 0.0703. The van der Waals surface area contributed by atoms with Crippen LogP contribution >= 0.6 is 0 Å². The predicted molar refractivity (Wildman–Crippen MR) is 119 cm³/mol. The molecule has 1 aliphatic carbocycles. The maximum absolute atomic E-state index is 12.4. The quantitative estimate of drug-likeness (QED) is 0.206. The zero-order chi connectivity index (χ0) is 25.4. The number of phenols is 1. The maximum Gasteiger partial charge on any atom is 0.247 e. The number of hydrogen-bond acceptors (Lipinski definition) is 10. The fourth-order valence-corrected chi connectivity index (χ4v) is 3.78. The fraction of sp³-hybridized carbons (Fsp3) is 0.565. The molecule has 1 saturated carbocycles. The Morgan fingerprint density at radius 1 is 1.12 bits per heavy atom. The lowest BCUT2D eigenvalue weighted by molar-refractivity contribution is -0.140. The highest BCUT2D eigenvalue weighted by molar-refractivity contribution is 5.97. The van der Waals surface area contributed by atoms with E-state index in [1.165, 1.54) is 19.1 Å². The van der Waals surface area contributed by atoms with Crippen molar-refractivity contribution in [2.75, 3.05) is 6.79 Å². The van der Waals surface area contributed by atoms with Gasteiger partial charge in [0.1, 0.15) is 19.0 Å². The SMILES string of the molecule is CC(=O)C1CC(O)C(Oc2ccc(/C=C(\C)C(=O)NC3C(O)CCCC3O)cc2O)O1.OCO. The molecule has 1 saturated heterocycles. The van der Waals surface area contributed by atoms with Crippen LogP contribution in [0.3, 0.4) is 0 Å². The van der Waals surface area contributed by atoms with Gasteiger partial charge in [-0.15, -0.1) is 0 Å². The summed E-state index contributed by atoms with van der Waals surface area (Å²) >= 11 is 0. The molecule has 3 rings (SSSR count). The van der Waals surface area contributed by atoms with E-state index in [0.717, 1.165) is 0 Å². The normalized spacial score (nSPS) is 29.1. The largest absolute Gasteiger partial charge is 0.504 e. The van der Waals surface area contributed by atoms with Crippen LogP contribution in [0.2, 0.25) is 0 Å². The average molecular weight is 484 g/mol. The van der Waals surface area contributed by atoms with Gasteiger partial charge in [0.25, 0.3) is 0 Å². The summed E-state index contributed by atoms with van der Waals surface area (Å²) in [6.45, 7) is 2.20. The van der Waals surface area contributed by atoms with E-state index in [9.17, 15) is 30.0 Å². The topological polar surface area (TPSA) is 186 Å². The summed E-state index contributed by atoms with van der Waals surface area (Å²) in [5.41, 5.74) is 0.855. The number of amides is 1. The molecule has 0 radical (unpaired) electrons. The van der Waals surface area contributed by atoms with Gasteiger partial charge in [0.15, 0.2) is 17.3 Å². The second-order valence-corrected chi connectivity index (χ2v) is 8.29. The molecule has 0 spiro atoms. The summed E-state index contributed by atoms with van der Waals surface area (Å²) in [6, 6.07) is 3.75. The smallest absolute Gasteiger partial charge is 0.247 e. The highest BCUT2D eigenvalue weighted by atomic mass is 16.7. The maximum atomic E-state index is 12.4. The van der Waals surface area contributed by atoms with E-state index in [0.29, 0.717) is 30.4 Å². The molecule has 7 N–H and O–H groups in total. The van der Waals surface area contributed by atoms with Gasteiger partial charge in [-0.25, -0.2) is 0 Å². The number of aliphatic hydroxyl groups is 5. The number of ether oxygens (including phenoxy) is 2. The van der Waals surface area contributed by atoms with Crippen molar-refractivity contribution in [1.82, 2.24) is 5.32 Å².